The Morgan fingerprint density at radius 3 is 2.17 bits per heavy atom. The molecule has 7 nitrogen and oxygen atoms in total. The van der Waals surface area contributed by atoms with Gasteiger partial charge in [0, 0.05) is 17.3 Å². The third kappa shape index (κ3) is 5.68. The van der Waals surface area contributed by atoms with Gasteiger partial charge < -0.3 is 0 Å². The highest BCUT2D eigenvalue weighted by atomic mass is 35.5. The molecule has 0 spiro atoms. The average molecular weight is 551 g/mol. The summed E-state index contributed by atoms with van der Waals surface area (Å²) in [6, 6.07) is 17.4. The van der Waals surface area contributed by atoms with Crippen molar-refractivity contribution in [3.63, 3.8) is 0 Å². The summed E-state index contributed by atoms with van der Waals surface area (Å²) in [5.74, 6) is 0. The molecule has 0 saturated carbocycles. The smallest absolute Gasteiger partial charge is 0.294 e. The fraction of sp³-hybridized carbons (Fsp3) is 0.208. The summed E-state index contributed by atoms with van der Waals surface area (Å²) < 4.78 is 54.6. The Morgan fingerprint density at radius 1 is 0.943 bits per heavy atom. The fourth-order valence-corrected chi connectivity index (χ4v) is 6.82. The van der Waals surface area contributed by atoms with Crippen molar-refractivity contribution >= 4 is 53.0 Å². The minimum atomic E-state index is -3.90. The van der Waals surface area contributed by atoms with E-state index in [1.165, 1.54) is 24.3 Å². The second-order valence-corrected chi connectivity index (χ2v) is 13.3. The predicted octanol–water partition coefficient (Wildman–Crippen LogP) is 4.60. The molecule has 4 rings (SSSR count). The molecule has 0 saturated heterocycles. The van der Waals surface area contributed by atoms with Gasteiger partial charge in [-0.15, -0.1) is 0 Å². The highest BCUT2D eigenvalue weighted by Gasteiger charge is 2.22. The van der Waals surface area contributed by atoms with Crippen LogP contribution in [0.1, 0.15) is 30.5 Å². The number of thiazole rings is 1. The van der Waals surface area contributed by atoms with Crippen molar-refractivity contribution in [1.82, 2.24) is 9.29 Å². The minimum absolute atomic E-state index is 0.0519. The van der Waals surface area contributed by atoms with Crippen molar-refractivity contribution in [3.05, 3.63) is 92.5 Å². The summed E-state index contributed by atoms with van der Waals surface area (Å²) in [5, 5.41) is 0.607. The maximum atomic E-state index is 13.2. The number of aromatic nitrogens is 1. The summed E-state index contributed by atoms with van der Waals surface area (Å²) in [6.45, 7) is 2.19. The maximum absolute atomic E-state index is 13.2. The molecule has 0 unspecified atom stereocenters. The molecule has 3 aromatic carbocycles. The van der Waals surface area contributed by atoms with E-state index in [1.54, 1.807) is 34.9 Å². The molecule has 0 aliphatic heterocycles. The number of sulfonamides is 1. The number of nitrogens with zero attached hydrogens (tertiary/aromatic N) is 1. The van der Waals surface area contributed by atoms with Gasteiger partial charge >= 0.3 is 4.87 Å². The van der Waals surface area contributed by atoms with Crippen molar-refractivity contribution in [2.75, 3.05) is 6.26 Å². The molecule has 4 aromatic rings. The molecule has 0 fully saturated rings. The largest absolute Gasteiger partial charge is 0.308 e. The Kier molecular flexibility index (Phi) is 7.21. The van der Waals surface area contributed by atoms with E-state index in [4.69, 9.17) is 11.6 Å². The van der Waals surface area contributed by atoms with Crippen LogP contribution in [0.3, 0.4) is 0 Å². The topological polar surface area (TPSA) is 102 Å². The number of nitrogens with one attached hydrogen (secondary N) is 1. The van der Waals surface area contributed by atoms with Gasteiger partial charge in [0.15, 0.2) is 9.84 Å². The van der Waals surface area contributed by atoms with Gasteiger partial charge in [-0.2, -0.15) is 0 Å². The fourth-order valence-electron chi connectivity index (χ4n) is 3.73. The first kappa shape index (κ1) is 25.6. The number of hydrogen-bond acceptors (Lipinski definition) is 6. The van der Waals surface area contributed by atoms with E-state index in [2.05, 4.69) is 4.72 Å². The molecule has 35 heavy (non-hydrogen) atoms. The number of halogens is 1. The van der Waals surface area contributed by atoms with Crippen molar-refractivity contribution in [2.45, 2.75) is 35.7 Å². The van der Waals surface area contributed by atoms with Crippen molar-refractivity contribution in [3.8, 4) is 0 Å². The zero-order valence-corrected chi connectivity index (χ0v) is 22.1. The number of sulfone groups is 1. The maximum Gasteiger partial charge on any atom is 0.308 e. The van der Waals surface area contributed by atoms with Crippen LogP contribution in [0.15, 0.2) is 81.3 Å². The van der Waals surface area contributed by atoms with Crippen LogP contribution >= 0.6 is 22.9 Å². The highest BCUT2D eigenvalue weighted by Crippen LogP contribution is 2.26. The predicted molar refractivity (Wildman–Crippen MR) is 140 cm³/mol. The van der Waals surface area contributed by atoms with Gasteiger partial charge in [-0.05, 0) is 60.0 Å². The molecular formula is C24H23ClN2O5S3. The second kappa shape index (κ2) is 9.87. The number of fused-ring (bicyclic) bond motifs is 1. The Bertz CT molecular complexity index is 1640. The molecule has 1 heterocycles. The van der Waals surface area contributed by atoms with Crippen LogP contribution in [0.4, 0.5) is 0 Å². The van der Waals surface area contributed by atoms with E-state index in [0.717, 1.165) is 23.2 Å². The lowest BCUT2D eigenvalue weighted by atomic mass is 10.1. The normalized spacial score (nSPS) is 13.2. The SMILES string of the molecule is CC[C@H](NS(=O)(=O)c1ccc2c(c1)sc(=O)n2Cc1ccc(Cl)cc1)c1ccc(S(C)(=O)=O)cc1. The van der Waals surface area contributed by atoms with Crippen LogP contribution in [-0.4, -0.2) is 27.7 Å². The van der Waals surface area contributed by atoms with Gasteiger partial charge in [0.1, 0.15) is 0 Å². The van der Waals surface area contributed by atoms with E-state index in [9.17, 15) is 21.6 Å². The van der Waals surface area contributed by atoms with Crippen LogP contribution in [-0.2, 0) is 26.4 Å². The van der Waals surface area contributed by atoms with Gasteiger partial charge in [0.25, 0.3) is 0 Å². The van der Waals surface area contributed by atoms with E-state index in [0.29, 0.717) is 33.8 Å². The average Bonchev–Trinajstić information content (AvgIpc) is 3.12. The summed E-state index contributed by atoms with van der Waals surface area (Å²) in [4.78, 5) is 12.7. The van der Waals surface area contributed by atoms with Crippen LogP contribution in [0.25, 0.3) is 10.2 Å². The quantitative estimate of drug-likeness (QED) is 0.345. The highest BCUT2D eigenvalue weighted by molar-refractivity contribution is 7.90. The Labute approximate surface area is 213 Å². The molecule has 0 aliphatic rings. The Morgan fingerprint density at radius 2 is 1.57 bits per heavy atom. The zero-order valence-electron chi connectivity index (χ0n) is 18.9. The van der Waals surface area contributed by atoms with E-state index in [-0.39, 0.29) is 14.7 Å². The van der Waals surface area contributed by atoms with Gasteiger partial charge in [-0.25, -0.2) is 21.6 Å². The molecule has 0 radical (unpaired) electrons. The number of rotatable bonds is 8. The molecule has 1 aromatic heterocycles. The van der Waals surface area contributed by atoms with Gasteiger partial charge in [-0.3, -0.25) is 9.36 Å². The zero-order chi connectivity index (χ0) is 25.4. The molecule has 0 aliphatic carbocycles. The summed E-state index contributed by atoms with van der Waals surface area (Å²) >= 11 is 6.93. The molecule has 0 amide bonds. The first-order valence-electron chi connectivity index (χ1n) is 10.7. The van der Waals surface area contributed by atoms with E-state index in [1.807, 2.05) is 19.1 Å². The summed E-state index contributed by atoms with van der Waals surface area (Å²) in [5.41, 5.74) is 2.21. The monoisotopic (exact) mass is 550 g/mol. The van der Waals surface area contributed by atoms with Crippen molar-refractivity contribution < 1.29 is 16.8 Å². The summed E-state index contributed by atoms with van der Waals surface area (Å²) in [6.07, 6.45) is 1.58. The first-order chi connectivity index (χ1) is 16.5. The minimum Gasteiger partial charge on any atom is -0.294 e. The van der Waals surface area contributed by atoms with Gasteiger partial charge in [0.05, 0.1) is 26.6 Å². The lowest BCUT2D eigenvalue weighted by Crippen LogP contribution is -2.28. The molecule has 1 atom stereocenters. The molecule has 11 heteroatoms. The summed E-state index contributed by atoms with van der Waals surface area (Å²) in [7, 11) is -7.25. The van der Waals surface area contributed by atoms with Gasteiger partial charge in [0.2, 0.25) is 10.0 Å². The van der Waals surface area contributed by atoms with Crippen LogP contribution in [0.2, 0.25) is 5.02 Å². The standard InChI is InChI=1S/C24H23ClN2O5S3/c1-3-21(17-6-10-19(11-7-17)34(2,29)30)26-35(31,32)20-12-13-22-23(14-20)33-24(28)27(22)15-16-4-8-18(25)9-5-16/h4-14,21,26H,3,15H2,1-2H3/t21-/m0/s1. The number of benzene rings is 3. The van der Waals surface area contributed by atoms with Gasteiger partial charge in [-0.1, -0.05) is 54.1 Å². The van der Waals surface area contributed by atoms with E-state index < -0.39 is 25.9 Å². The third-order valence-electron chi connectivity index (χ3n) is 5.62. The Hall–Kier alpha value is -2.50. The van der Waals surface area contributed by atoms with Crippen molar-refractivity contribution in [2.24, 2.45) is 0 Å². The van der Waals surface area contributed by atoms with Crippen LogP contribution in [0.5, 0.6) is 0 Å². The lowest BCUT2D eigenvalue weighted by Gasteiger charge is -2.18. The molecule has 0 bridgehead atoms. The lowest BCUT2D eigenvalue weighted by molar-refractivity contribution is 0.550. The number of hydrogen-bond donors (Lipinski definition) is 1. The van der Waals surface area contributed by atoms with Crippen LogP contribution < -0.4 is 9.60 Å². The van der Waals surface area contributed by atoms with Crippen LogP contribution in [0, 0.1) is 0 Å². The Balaban J connectivity index is 1.61. The van der Waals surface area contributed by atoms with Crippen molar-refractivity contribution in [1.29, 1.82) is 0 Å². The molecule has 184 valence electrons. The third-order valence-corrected chi connectivity index (χ3v) is 9.41. The van der Waals surface area contributed by atoms with E-state index >= 15 is 0 Å². The molecular weight excluding hydrogens is 528 g/mol. The molecule has 1 N–H and O–H groups in total. The second-order valence-electron chi connectivity index (χ2n) is 8.13. The first-order valence-corrected chi connectivity index (χ1v) is 15.2.